The predicted molar refractivity (Wildman–Crippen MR) is 73.0 cm³/mol. The number of benzene rings is 1. The minimum atomic E-state index is -0.391. The van der Waals surface area contributed by atoms with Crippen LogP contribution in [-0.4, -0.2) is 16.5 Å². The number of oxazole rings is 1. The quantitative estimate of drug-likeness (QED) is 0.895. The molecule has 0 aliphatic carbocycles. The van der Waals surface area contributed by atoms with Crippen molar-refractivity contribution < 1.29 is 9.21 Å². The molecule has 1 amide bonds. The number of nitrogens with one attached hydrogen (secondary N) is 1. The Kier molecular flexibility index (Phi) is 4.04. The minimum absolute atomic E-state index is 0.0100. The van der Waals surface area contributed by atoms with Gasteiger partial charge in [-0.3, -0.25) is 9.36 Å². The number of nitrogens with zero attached hydrogens (tertiary/aromatic N) is 1. The van der Waals surface area contributed by atoms with Crippen LogP contribution in [-0.2, 0) is 11.3 Å². The standard InChI is InChI=1S/C14H18N2O3/c1-3-6-13(17)15-10(2)9-16-11-7-4-5-8-12(11)19-14(16)18/h4-5,7-8,10H,3,6,9H2,1-2H3,(H,15,17)/t10-/m1/s1. The van der Waals surface area contributed by atoms with Crippen LogP contribution in [0.2, 0.25) is 0 Å². The third-order valence-electron chi connectivity index (χ3n) is 2.91. The molecule has 0 aliphatic rings. The number of aromatic nitrogens is 1. The van der Waals surface area contributed by atoms with Crippen molar-refractivity contribution in [1.29, 1.82) is 0 Å². The van der Waals surface area contributed by atoms with Crippen molar-refractivity contribution in [2.75, 3.05) is 0 Å². The zero-order valence-electron chi connectivity index (χ0n) is 11.2. The fourth-order valence-electron chi connectivity index (χ4n) is 2.08. The van der Waals surface area contributed by atoms with E-state index in [0.29, 0.717) is 18.5 Å². The number of hydrogen-bond donors (Lipinski definition) is 1. The van der Waals surface area contributed by atoms with Crippen LogP contribution >= 0.6 is 0 Å². The maximum absolute atomic E-state index is 11.8. The van der Waals surface area contributed by atoms with E-state index in [9.17, 15) is 9.59 Å². The van der Waals surface area contributed by atoms with E-state index in [2.05, 4.69) is 5.32 Å². The predicted octanol–water partition coefficient (Wildman–Crippen LogP) is 1.90. The highest BCUT2D eigenvalue weighted by atomic mass is 16.4. The third-order valence-corrected chi connectivity index (χ3v) is 2.91. The fraction of sp³-hybridized carbons (Fsp3) is 0.429. The van der Waals surface area contributed by atoms with Crippen LogP contribution < -0.4 is 11.1 Å². The van der Waals surface area contributed by atoms with E-state index in [-0.39, 0.29) is 11.9 Å². The van der Waals surface area contributed by atoms with Gasteiger partial charge in [-0.05, 0) is 25.5 Å². The van der Waals surface area contributed by atoms with Crippen LogP contribution in [0.1, 0.15) is 26.7 Å². The lowest BCUT2D eigenvalue weighted by molar-refractivity contribution is -0.121. The molecule has 0 unspecified atom stereocenters. The zero-order valence-corrected chi connectivity index (χ0v) is 11.2. The van der Waals surface area contributed by atoms with Crippen LogP contribution in [0.3, 0.4) is 0 Å². The van der Waals surface area contributed by atoms with Gasteiger partial charge in [0.05, 0.1) is 5.52 Å². The van der Waals surface area contributed by atoms with Gasteiger partial charge in [0, 0.05) is 19.0 Å². The first-order valence-corrected chi connectivity index (χ1v) is 6.49. The number of rotatable bonds is 5. The first-order valence-electron chi connectivity index (χ1n) is 6.49. The Balaban J connectivity index is 2.15. The molecule has 1 aromatic heterocycles. The largest absolute Gasteiger partial charge is 0.420 e. The molecule has 0 bridgehead atoms. The fourth-order valence-corrected chi connectivity index (χ4v) is 2.08. The van der Waals surface area contributed by atoms with E-state index in [1.54, 1.807) is 10.6 Å². The van der Waals surface area contributed by atoms with E-state index in [1.807, 2.05) is 32.0 Å². The number of fused-ring (bicyclic) bond motifs is 1. The normalized spacial score (nSPS) is 12.5. The van der Waals surface area contributed by atoms with Crippen LogP contribution in [0.25, 0.3) is 11.1 Å². The van der Waals surface area contributed by atoms with Crippen molar-refractivity contribution in [3.05, 3.63) is 34.8 Å². The Bertz CT molecular complexity index is 627. The van der Waals surface area contributed by atoms with Crippen molar-refractivity contribution >= 4 is 17.0 Å². The summed E-state index contributed by atoms with van der Waals surface area (Å²) in [5, 5.41) is 2.87. The molecule has 2 rings (SSSR count). The van der Waals surface area contributed by atoms with E-state index in [0.717, 1.165) is 11.9 Å². The Morgan fingerprint density at radius 3 is 2.89 bits per heavy atom. The van der Waals surface area contributed by atoms with E-state index < -0.39 is 5.76 Å². The van der Waals surface area contributed by atoms with Gasteiger partial charge >= 0.3 is 5.76 Å². The molecule has 1 aromatic carbocycles. The monoisotopic (exact) mass is 262 g/mol. The highest BCUT2D eigenvalue weighted by Crippen LogP contribution is 2.12. The molecule has 0 radical (unpaired) electrons. The Hall–Kier alpha value is -2.04. The van der Waals surface area contributed by atoms with Crippen molar-refractivity contribution in [3.63, 3.8) is 0 Å². The molecule has 0 fully saturated rings. The van der Waals surface area contributed by atoms with Gasteiger partial charge < -0.3 is 9.73 Å². The number of carbonyl (C=O) groups is 1. The summed E-state index contributed by atoms with van der Waals surface area (Å²) in [5.41, 5.74) is 1.32. The van der Waals surface area contributed by atoms with Gasteiger partial charge in [0.2, 0.25) is 5.91 Å². The molecular weight excluding hydrogens is 244 g/mol. The molecule has 2 aromatic rings. The van der Waals surface area contributed by atoms with Crippen LogP contribution in [0.15, 0.2) is 33.5 Å². The molecule has 0 saturated heterocycles. The zero-order chi connectivity index (χ0) is 13.8. The Morgan fingerprint density at radius 1 is 1.42 bits per heavy atom. The molecule has 0 saturated carbocycles. The highest BCUT2D eigenvalue weighted by molar-refractivity contribution is 5.76. The van der Waals surface area contributed by atoms with Crippen LogP contribution in [0.4, 0.5) is 0 Å². The third kappa shape index (κ3) is 3.05. The molecule has 1 N–H and O–H groups in total. The second-order valence-corrected chi connectivity index (χ2v) is 4.66. The van der Waals surface area contributed by atoms with Crippen molar-refractivity contribution in [2.45, 2.75) is 39.3 Å². The molecule has 0 spiro atoms. The van der Waals surface area contributed by atoms with Gasteiger partial charge in [-0.15, -0.1) is 0 Å². The summed E-state index contributed by atoms with van der Waals surface area (Å²) in [6, 6.07) is 7.16. The molecule has 1 atom stereocenters. The van der Waals surface area contributed by atoms with Gasteiger partial charge in [0.1, 0.15) is 0 Å². The average molecular weight is 262 g/mol. The summed E-state index contributed by atoms with van der Waals surface area (Å²) in [4.78, 5) is 23.3. The first-order chi connectivity index (χ1) is 9.11. The molecule has 19 heavy (non-hydrogen) atoms. The maximum atomic E-state index is 11.8. The van der Waals surface area contributed by atoms with E-state index in [4.69, 9.17) is 4.42 Å². The maximum Gasteiger partial charge on any atom is 0.420 e. The first kappa shape index (κ1) is 13.4. The lowest BCUT2D eigenvalue weighted by Gasteiger charge is -2.13. The highest BCUT2D eigenvalue weighted by Gasteiger charge is 2.13. The number of carbonyl (C=O) groups excluding carboxylic acids is 1. The summed E-state index contributed by atoms with van der Waals surface area (Å²) in [6.45, 7) is 4.24. The molecule has 5 nitrogen and oxygen atoms in total. The second kappa shape index (κ2) is 5.73. The van der Waals surface area contributed by atoms with Crippen molar-refractivity contribution in [2.24, 2.45) is 0 Å². The lowest BCUT2D eigenvalue weighted by atomic mass is 10.2. The summed E-state index contributed by atoms with van der Waals surface area (Å²) in [6.07, 6.45) is 1.32. The van der Waals surface area contributed by atoms with Gasteiger partial charge in [0.15, 0.2) is 5.58 Å². The van der Waals surface area contributed by atoms with Gasteiger partial charge in [-0.25, -0.2) is 4.79 Å². The average Bonchev–Trinajstić information content (AvgIpc) is 2.66. The van der Waals surface area contributed by atoms with Gasteiger partial charge in [-0.1, -0.05) is 19.1 Å². The molecule has 5 heteroatoms. The van der Waals surface area contributed by atoms with E-state index >= 15 is 0 Å². The van der Waals surface area contributed by atoms with E-state index in [1.165, 1.54) is 0 Å². The van der Waals surface area contributed by atoms with Crippen LogP contribution in [0, 0.1) is 0 Å². The lowest BCUT2D eigenvalue weighted by Crippen LogP contribution is -2.37. The summed E-state index contributed by atoms with van der Waals surface area (Å²) >= 11 is 0. The van der Waals surface area contributed by atoms with Gasteiger partial charge in [-0.2, -0.15) is 0 Å². The van der Waals surface area contributed by atoms with Gasteiger partial charge in [0.25, 0.3) is 0 Å². The molecule has 1 heterocycles. The molecule has 102 valence electrons. The Labute approximate surface area is 111 Å². The number of amides is 1. The smallest absolute Gasteiger partial charge is 0.408 e. The molecular formula is C14H18N2O3. The van der Waals surface area contributed by atoms with Crippen molar-refractivity contribution in [1.82, 2.24) is 9.88 Å². The number of para-hydroxylation sites is 2. The Morgan fingerprint density at radius 2 is 2.16 bits per heavy atom. The number of hydrogen-bond acceptors (Lipinski definition) is 3. The molecule has 0 aliphatic heterocycles. The summed E-state index contributed by atoms with van der Waals surface area (Å²) in [5.74, 6) is -0.381. The second-order valence-electron chi connectivity index (χ2n) is 4.66. The van der Waals surface area contributed by atoms with Crippen molar-refractivity contribution in [3.8, 4) is 0 Å². The summed E-state index contributed by atoms with van der Waals surface area (Å²) < 4.78 is 6.69. The topological polar surface area (TPSA) is 64.2 Å². The van der Waals surface area contributed by atoms with Crippen LogP contribution in [0.5, 0.6) is 0 Å². The SMILES string of the molecule is CCCC(=O)N[C@H](C)Cn1c(=O)oc2ccccc21. The minimum Gasteiger partial charge on any atom is -0.408 e. The summed E-state index contributed by atoms with van der Waals surface area (Å²) in [7, 11) is 0.